The Balaban J connectivity index is 1.45. The molecule has 36 heavy (non-hydrogen) atoms. The number of hydrogen-bond donors (Lipinski definition) is 0. The van der Waals surface area contributed by atoms with Crippen molar-refractivity contribution in [3.05, 3.63) is 96.2 Å². The molecule has 0 unspecified atom stereocenters. The summed E-state index contributed by atoms with van der Waals surface area (Å²) in [7, 11) is -3.80. The fraction of sp³-hybridized carbons (Fsp3) is 0.207. The van der Waals surface area contributed by atoms with Crippen LogP contribution in [0.1, 0.15) is 30.4 Å². The van der Waals surface area contributed by atoms with Crippen LogP contribution in [0.4, 0.5) is 5.69 Å². The number of rotatable bonds is 5. The van der Waals surface area contributed by atoms with Crippen LogP contribution in [-0.4, -0.2) is 43.0 Å². The Hall–Kier alpha value is -3.68. The van der Waals surface area contributed by atoms with Gasteiger partial charge >= 0.3 is 0 Å². The number of para-hydroxylation sites is 2. The van der Waals surface area contributed by atoms with Gasteiger partial charge in [-0.05, 0) is 56.3 Å². The molecule has 1 aromatic heterocycles. The molecule has 0 aliphatic carbocycles. The van der Waals surface area contributed by atoms with E-state index in [1.165, 1.54) is 10.4 Å². The predicted molar refractivity (Wildman–Crippen MR) is 143 cm³/mol. The van der Waals surface area contributed by atoms with Gasteiger partial charge in [0.2, 0.25) is 0 Å². The van der Waals surface area contributed by atoms with Crippen LogP contribution in [0.2, 0.25) is 0 Å². The molecular formula is C29H27N3O3S. The Morgan fingerprint density at radius 3 is 2.31 bits per heavy atom. The number of carbonyl (C=O) groups is 1. The van der Waals surface area contributed by atoms with Crippen LogP contribution in [-0.2, 0) is 14.8 Å². The highest BCUT2D eigenvalue weighted by atomic mass is 32.2. The maximum Gasteiger partial charge on any atom is 0.268 e. The van der Waals surface area contributed by atoms with E-state index in [1.54, 1.807) is 42.6 Å². The molecule has 0 atom stereocenters. The lowest BCUT2D eigenvalue weighted by Gasteiger charge is -2.30. The van der Waals surface area contributed by atoms with Crippen molar-refractivity contribution >= 4 is 44.2 Å². The van der Waals surface area contributed by atoms with Crippen LogP contribution in [0.3, 0.4) is 0 Å². The minimum Gasteiger partial charge on any atom is -0.294 e. The summed E-state index contributed by atoms with van der Waals surface area (Å²) in [6.07, 6.45) is 7.02. The first kappa shape index (κ1) is 22.8. The Labute approximate surface area is 211 Å². The third kappa shape index (κ3) is 3.85. The molecule has 0 bridgehead atoms. The van der Waals surface area contributed by atoms with E-state index in [-0.39, 0.29) is 10.8 Å². The van der Waals surface area contributed by atoms with Gasteiger partial charge in [-0.1, -0.05) is 61.0 Å². The Kier molecular flexibility index (Phi) is 5.74. The minimum absolute atomic E-state index is 0.0514. The molecule has 1 fully saturated rings. The second-order valence-electron chi connectivity index (χ2n) is 9.34. The molecule has 2 aliphatic rings. The highest BCUT2D eigenvalue weighted by Gasteiger charge is 2.33. The number of piperidine rings is 1. The van der Waals surface area contributed by atoms with Crippen LogP contribution < -0.4 is 4.90 Å². The van der Waals surface area contributed by atoms with Crippen molar-refractivity contribution in [2.45, 2.75) is 24.2 Å². The summed E-state index contributed by atoms with van der Waals surface area (Å²) in [6.45, 7) is 2.56. The minimum atomic E-state index is -3.80. The fourth-order valence-electron chi connectivity index (χ4n) is 5.24. The molecule has 3 heterocycles. The van der Waals surface area contributed by atoms with E-state index in [0.717, 1.165) is 42.6 Å². The van der Waals surface area contributed by atoms with Crippen molar-refractivity contribution in [1.29, 1.82) is 0 Å². The standard InChI is InChI=1S/C29H27N3O3S/c33-29-26(25-14-6-7-15-27(25)31(29)21-30-17-9-2-10-18-30)19-22-20-32(28-16-8-5-13-24(22)28)36(34,35)23-11-3-1-4-12-23/h1,3-8,11-16,19-20H,2,9-10,17-18,21H2/b26-19-. The predicted octanol–water partition coefficient (Wildman–Crippen LogP) is 5.21. The molecule has 0 radical (unpaired) electrons. The smallest absolute Gasteiger partial charge is 0.268 e. The second kappa shape index (κ2) is 9.08. The van der Waals surface area contributed by atoms with Gasteiger partial charge < -0.3 is 0 Å². The van der Waals surface area contributed by atoms with Gasteiger partial charge in [-0.3, -0.25) is 14.6 Å². The SMILES string of the molecule is O=C1/C(=C\c2cn(S(=O)(=O)c3ccccc3)c3ccccc23)c2ccccc2N1CN1CCCCC1. The molecule has 6 nitrogen and oxygen atoms in total. The lowest BCUT2D eigenvalue weighted by Crippen LogP contribution is -2.42. The van der Waals surface area contributed by atoms with Gasteiger partial charge in [0.15, 0.2) is 0 Å². The third-order valence-electron chi connectivity index (χ3n) is 7.06. The Morgan fingerprint density at radius 2 is 1.50 bits per heavy atom. The maximum absolute atomic E-state index is 13.7. The monoisotopic (exact) mass is 497 g/mol. The Bertz CT molecular complexity index is 1580. The lowest BCUT2D eigenvalue weighted by molar-refractivity contribution is -0.113. The zero-order chi connectivity index (χ0) is 24.7. The lowest BCUT2D eigenvalue weighted by atomic mass is 10.0. The fourth-order valence-corrected chi connectivity index (χ4v) is 6.64. The van der Waals surface area contributed by atoms with E-state index >= 15 is 0 Å². The Morgan fingerprint density at radius 1 is 0.806 bits per heavy atom. The van der Waals surface area contributed by atoms with Gasteiger partial charge in [-0.25, -0.2) is 12.4 Å². The van der Waals surface area contributed by atoms with Crippen LogP contribution in [0.15, 0.2) is 90.0 Å². The van der Waals surface area contributed by atoms with Crippen LogP contribution in [0, 0.1) is 0 Å². The molecule has 1 amide bonds. The largest absolute Gasteiger partial charge is 0.294 e. The zero-order valence-electron chi connectivity index (χ0n) is 19.9. The summed E-state index contributed by atoms with van der Waals surface area (Å²) in [5, 5.41) is 0.782. The van der Waals surface area contributed by atoms with Crippen molar-refractivity contribution in [2.24, 2.45) is 0 Å². The van der Waals surface area contributed by atoms with Gasteiger partial charge in [0.1, 0.15) is 0 Å². The molecule has 3 aromatic carbocycles. The molecule has 1 saturated heterocycles. The zero-order valence-corrected chi connectivity index (χ0v) is 20.7. The first-order valence-corrected chi connectivity index (χ1v) is 13.7. The van der Waals surface area contributed by atoms with Gasteiger partial charge in [0.05, 0.1) is 22.8 Å². The molecular weight excluding hydrogens is 470 g/mol. The first-order valence-electron chi connectivity index (χ1n) is 12.3. The number of hydrogen-bond acceptors (Lipinski definition) is 4. The van der Waals surface area contributed by atoms with Crippen molar-refractivity contribution in [3.8, 4) is 0 Å². The molecule has 7 heteroatoms. The topological polar surface area (TPSA) is 62.6 Å². The average molecular weight is 498 g/mol. The third-order valence-corrected chi connectivity index (χ3v) is 8.75. The van der Waals surface area contributed by atoms with E-state index in [2.05, 4.69) is 4.90 Å². The van der Waals surface area contributed by atoms with Crippen LogP contribution in [0.5, 0.6) is 0 Å². The summed E-state index contributed by atoms with van der Waals surface area (Å²) < 4.78 is 28.3. The highest BCUT2D eigenvalue weighted by molar-refractivity contribution is 7.90. The van der Waals surface area contributed by atoms with Crippen molar-refractivity contribution < 1.29 is 13.2 Å². The number of benzene rings is 3. The number of amides is 1. The van der Waals surface area contributed by atoms with E-state index in [4.69, 9.17) is 0 Å². The van der Waals surface area contributed by atoms with E-state index in [0.29, 0.717) is 23.3 Å². The number of carbonyl (C=O) groups excluding carboxylic acids is 1. The van der Waals surface area contributed by atoms with Crippen LogP contribution >= 0.6 is 0 Å². The van der Waals surface area contributed by atoms with Gasteiger partial charge in [0, 0.05) is 28.3 Å². The molecule has 0 saturated carbocycles. The number of likely N-dealkylation sites (tertiary alicyclic amines) is 1. The second-order valence-corrected chi connectivity index (χ2v) is 11.2. The quantitative estimate of drug-likeness (QED) is 0.355. The van der Waals surface area contributed by atoms with Crippen molar-refractivity contribution in [3.63, 3.8) is 0 Å². The average Bonchev–Trinajstić information content (AvgIpc) is 3.42. The summed E-state index contributed by atoms with van der Waals surface area (Å²) in [5.74, 6) is -0.0514. The van der Waals surface area contributed by atoms with Gasteiger partial charge in [0.25, 0.3) is 15.9 Å². The molecule has 4 aromatic rings. The summed E-state index contributed by atoms with van der Waals surface area (Å²) in [4.78, 5) is 18.1. The molecule has 182 valence electrons. The molecule has 0 spiro atoms. The van der Waals surface area contributed by atoms with Gasteiger partial charge in [-0.15, -0.1) is 0 Å². The number of anilines is 1. The summed E-state index contributed by atoms with van der Waals surface area (Å²) in [6, 6.07) is 23.7. The van der Waals surface area contributed by atoms with E-state index in [1.807, 2.05) is 53.4 Å². The van der Waals surface area contributed by atoms with E-state index in [9.17, 15) is 13.2 Å². The summed E-state index contributed by atoms with van der Waals surface area (Å²) in [5.41, 5.74) is 3.64. The van der Waals surface area contributed by atoms with Crippen molar-refractivity contribution in [2.75, 3.05) is 24.7 Å². The van der Waals surface area contributed by atoms with E-state index < -0.39 is 10.0 Å². The maximum atomic E-state index is 13.7. The first-order chi connectivity index (χ1) is 17.5. The molecule has 0 N–H and O–H groups in total. The number of aromatic nitrogens is 1. The van der Waals surface area contributed by atoms with Gasteiger partial charge in [-0.2, -0.15) is 0 Å². The molecule has 2 aliphatic heterocycles. The summed E-state index contributed by atoms with van der Waals surface area (Å²) >= 11 is 0. The number of fused-ring (bicyclic) bond motifs is 2. The van der Waals surface area contributed by atoms with Crippen molar-refractivity contribution in [1.82, 2.24) is 8.87 Å². The normalized spacial score (nSPS) is 17.7. The highest BCUT2D eigenvalue weighted by Crippen LogP contribution is 2.39. The molecule has 6 rings (SSSR count). The number of nitrogens with zero attached hydrogens (tertiary/aromatic N) is 3. The van der Waals surface area contributed by atoms with Crippen LogP contribution in [0.25, 0.3) is 22.6 Å².